The number of methoxy groups -OCH3 is 1. The number of nitrogens with zero attached hydrogens (tertiary/aromatic N) is 1. The van der Waals surface area contributed by atoms with E-state index in [9.17, 15) is 13.2 Å². The second-order valence-corrected chi connectivity index (χ2v) is 7.38. The van der Waals surface area contributed by atoms with Gasteiger partial charge in [0.2, 0.25) is 10.0 Å². The lowest BCUT2D eigenvalue weighted by atomic mass is 10.00. The molecule has 1 N–H and O–H groups in total. The van der Waals surface area contributed by atoms with Gasteiger partial charge in [-0.3, -0.25) is 0 Å². The first-order valence-electron chi connectivity index (χ1n) is 7.32. The molecule has 1 heterocycles. The van der Waals surface area contributed by atoms with Crippen LogP contribution in [0.2, 0.25) is 0 Å². The Kier molecular flexibility index (Phi) is 5.55. The van der Waals surface area contributed by atoms with E-state index in [0.717, 1.165) is 19.4 Å². The highest BCUT2D eigenvalue weighted by Crippen LogP contribution is 2.23. The Morgan fingerprint density at radius 1 is 1.36 bits per heavy atom. The molecular weight excluding hydrogens is 304 g/mol. The van der Waals surface area contributed by atoms with E-state index in [1.807, 2.05) is 7.05 Å². The zero-order valence-electron chi connectivity index (χ0n) is 12.9. The predicted octanol–water partition coefficient (Wildman–Crippen LogP) is 1.09. The fourth-order valence-corrected chi connectivity index (χ4v) is 4.29. The lowest BCUT2D eigenvalue weighted by Crippen LogP contribution is -2.42. The van der Waals surface area contributed by atoms with Crippen LogP contribution in [0.5, 0.6) is 0 Å². The molecule has 1 fully saturated rings. The van der Waals surface area contributed by atoms with Crippen LogP contribution < -0.4 is 5.32 Å². The van der Waals surface area contributed by atoms with Gasteiger partial charge in [0.1, 0.15) is 0 Å². The van der Waals surface area contributed by atoms with Crippen molar-refractivity contribution in [1.82, 2.24) is 9.62 Å². The number of carbonyl (C=O) groups excluding carboxylic acids is 1. The molecule has 0 saturated carbocycles. The van der Waals surface area contributed by atoms with Gasteiger partial charge in [0.25, 0.3) is 0 Å². The lowest BCUT2D eigenvalue weighted by molar-refractivity contribution is 0.0600. The van der Waals surface area contributed by atoms with E-state index < -0.39 is 16.0 Å². The third kappa shape index (κ3) is 3.66. The molecule has 1 aromatic carbocycles. The molecule has 0 bridgehead atoms. The standard InChI is InChI=1S/C15H22N2O4S/c1-16-10-12-4-3-9-17(11-12)22(19,20)14-7-5-13(6-8-14)15(18)21-2/h5-8,12,16H,3-4,9-11H2,1-2H3. The van der Waals surface area contributed by atoms with Crippen molar-refractivity contribution in [3.63, 3.8) is 0 Å². The maximum Gasteiger partial charge on any atom is 0.337 e. The highest BCUT2D eigenvalue weighted by Gasteiger charge is 2.30. The monoisotopic (exact) mass is 326 g/mol. The molecule has 22 heavy (non-hydrogen) atoms. The maximum atomic E-state index is 12.7. The van der Waals surface area contributed by atoms with Crippen LogP contribution in [0.25, 0.3) is 0 Å². The van der Waals surface area contributed by atoms with Gasteiger partial charge in [-0.1, -0.05) is 0 Å². The number of esters is 1. The quantitative estimate of drug-likeness (QED) is 0.820. The van der Waals surface area contributed by atoms with Crippen LogP contribution in [0, 0.1) is 5.92 Å². The summed E-state index contributed by atoms with van der Waals surface area (Å²) in [7, 11) is -0.341. The summed E-state index contributed by atoms with van der Waals surface area (Å²) in [4.78, 5) is 11.6. The third-order valence-corrected chi connectivity index (χ3v) is 5.77. The summed E-state index contributed by atoms with van der Waals surface area (Å²) in [6, 6.07) is 5.88. The van der Waals surface area contributed by atoms with E-state index >= 15 is 0 Å². The molecule has 0 spiro atoms. The summed E-state index contributed by atoms with van der Waals surface area (Å²) in [5.74, 6) is -0.140. The molecule has 1 atom stereocenters. The Bertz CT molecular complexity index is 611. The molecule has 1 unspecified atom stereocenters. The topological polar surface area (TPSA) is 75.7 Å². The van der Waals surface area contributed by atoms with E-state index in [4.69, 9.17) is 0 Å². The number of hydrogen-bond donors (Lipinski definition) is 1. The molecule has 1 saturated heterocycles. The number of nitrogens with one attached hydrogen (secondary N) is 1. The van der Waals surface area contributed by atoms with Crippen molar-refractivity contribution in [3.8, 4) is 0 Å². The zero-order valence-corrected chi connectivity index (χ0v) is 13.7. The molecule has 6 nitrogen and oxygen atoms in total. The van der Waals surface area contributed by atoms with E-state index in [1.165, 1.54) is 35.7 Å². The van der Waals surface area contributed by atoms with Crippen LogP contribution in [-0.4, -0.2) is 52.5 Å². The first-order chi connectivity index (χ1) is 10.5. The van der Waals surface area contributed by atoms with Crippen molar-refractivity contribution in [2.24, 2.45) is 5.92 Å². The summed E-state index contributed by atoms with van der Waals surface area (Å²) in [6.07, 6.45) is 1.90. The van der Waals surface area contributed by atoms with Crippen molar-refractivity contribution in [2.75, 3.05) is 33.8 Å². The first-order valence-corrected chi connectivity index (χ1v) is 8.76. The first kappa shape index (κ1) is 16.9. The van der Waals surface area contributed by atoms with Crippen molar-refractivity contribution in [3.05, 3.63) is 29.8 Å². The normalized spacial score (nSPS) is 19.8. The van der Waals surface area contributed by atoms with Crippen LogP contribution >= 0.6 is 0 Å². The van der Waals surface area contributed by atoms with Gasteiger partial charge in [-0.2, -0.15) is 4.31 Å². The van der Waals surface area contributed by atoms with E-state index in [2.05, 4.69) is 10.1 Å². The van der Waals surface area contributed by atoms with Gasteiger partial charge >= 0.3 is 5.97 Å². The van der Waals surface area contributed by atoms with Crippen LogP contribution in [0.3, 0.4) is 0 Å². The van der Waals surface area contributed by atoms with Crippen LogP contribution in [0.15, 0.2) is 29.2 Å². The minimum atomic E-state index is -3.51. The molecule has 1 aromatic rings. The smallest absolute Gasteiger partial charge is 0.337 e. The van der Waals surface area contributed by atoms with Crippen molar-refractivity contribution in [1.29, 1.82) is 0 Å². The highest BCUT2D eigenvalue weighted by atomic mass is 32.2. The number of rotatable bonds is 5. The number of benzene rings is 1. The Balaban J connectivity index is 2.17. The molecule has 0 aromatic heterocycles. The Labute approximate surface area is 131 Å². The molecule has 2 rings (SSSR count). The largest absolute Gasteiger partial charge is 0.465 e. The summed E-state index contributed by atoms with van der Waals surface area (Å²) in [5.41, 5.74) is 0.341. The SMILES string of the molecule is CNCC1CCCN(S(=O)(=O)c2ccc(C(=O)OC)cc2)C1. The van der Waals surface area contributed by atoms with Gasteiger partial charge in [-0.25, -0.2) is 13.2 Å². The van der Waals surface area contributed by atoms with Crippen LogP contribution in [0.1, 0.15) is 23.2 Å². The second kappa shape index (κ2) is 7.21. The molecule has 122 valence electrons. The number of piperidine rings is 1. The van der Waals surface area contributed by atoms with E-state index in [1.54, 1.807) is 0 Å². The summed E-state index contributed by atoms with van der Waals surface area (Å²) in [5, 5.41) is 3.10. The lowest BCUT2D eigenvalue weighted by Gasteiger charge is -2.31. The molecule has 0 amide bonds. The Hall–Kier alpha value is -1.44. The minimum absolute atomic E-state index is 0.213. The van der Waals surface area contributed by atoms with Crippen LogP contribution in [0.4, 0.5) is 0 Å². The molecule has 7 heteroatoms. The van der Waals surface area contributed by atoms with Gasteiger partial charge in [-0.05, 0) is 56.6 Å². The second-order valence-electron chi connectivity index (χ2n) is 5.44. The van der Waals surface area contributed by atoms with E-state index in [-0.39, 0.29) is 4.90 Å². The van der Waals surface area contributed by atoms with Gasteiger partial charge in [0, 0.05) is 13.1 Å². The maximum absolute atomic E-state index is 12.7. The zero-order chi connectivity index (χ0) is 16.2. The minimum Gasteiger partial charge on any atom is -0.465 e. The van der Waals surface area contributed by atoms with Gasteiger partial charge in [-0.15, -0.1) is 0 Å². The summed E-state index contributed by atoms with van der Waals surface area (Å²) >= 11 is 0. The third-order valence-electron chi connectivity index (χ3n) is 3.89. The summed E-state index contributed by atoms with van der Waals surface area (Å²) in [6.45, 7) is 1.89. The van der Waals surface area contributed by atoms with Crippen molar-refractivity contribution >= 4 is 16.0 Å². The fourth-order valence-electron chi connectivity index (χ4n) is 2.73. The van der Waals surface area contributed by atoms with Gasteiger partial charge in [0.15, 0.2) is 0 Å². The highest BCUT2D eigenvalue weighted by molar-refractivity contribution is 7.89. The average molecular weight is 326 g/mol. The van der Waals surface area contributed by atoms with Crippen molar-refractivity contribution in [2.45, 2.75) is 17.7 Å². The molecule has 0 radical (unpaired) electrons. The Morgan fingerprint density at radius 3 is 2.64 bits per heavy atom. The van der Waals surface area contributed by atoms with Crippen molar-refractivity contribution < 1.29 is 17.9 Å². The number of sulfonamides is 1. The van der Waals surface area contributed by atoms with Crippen LogP contribution in [-0.2, 0) is 14.8 Å². The summed E-state index contributed by atoms with van der Waals surface area (Å²) < 4.78 is 31.5. The van der Waals surface area contributed by atoms with E-state index in [0.29, 0.717) is 24.6 Å². The molecule has 1 aliphatic heterocycles. The average Bonchev–Trinajstić information content (AvgIpc) is 2.55. The predicted molar refractivity (Wildman–Crippen MR) is 83.2 cm³/mol. The van der Waals surface area contributed by atoms with Gasteiger partial charge in [0.05, 0.1) is 17.6 Å². The van der Waals surface area contributed by atoms with Gasteiger partial charge < -0.3 is 10.1 Å². The Morgan fingerprint density at radius 2 is 2.05 bits per heavy atom. The molecular formula is C15H22N2O4S. The fraction of sp³-hybridized carbons (Fsp3) is 0.533. The molecule has 1 aliphatic rings. The number of hydrogen-bond acceptors (Lipinski definition) is 5. The molecule has 0 aliphatic carbocycles. The number of carbonyl (C=O) groups is 1. The number of ether oxygens (including phenoxy) is 1.